The van der Waals surface area contributed by atoms with Crippen molar-refractivity contribution in [3.8, 4) is 0 Å². The summed E-state index contributed by atoms with van der Waals surface area (Å²) in [7, 11) is 0. The molecular formula is C13H21ClN4O. The van der Waals surface area contributed by atoms with Crippen LogP contribution in [0, 0.1) is 12.8 Å². The minimum atomic E-state index is 0. The second-order valence-electron chi connectivity index (χ2n) is 4.77. The van der Waals surface area contributed by atoms with Crippen LogP contribution in [0.25, 0.3) is 0 Å². The number of nitrogens with zero attached hydrogens (tertiary/aromatic N) is 2. The topological polar surface area (TPSA) is 66.9 Å². The first-order valence-corrected chi connectivity index (χ1v) is 6.50. The Kier molecular flexibility index (Phi) is 6.73. The summed E-state index contributed by atoms with van der Waals surface area (Å²) >= 11 is 0. The molecule has 1 aromatic heterocycles. The molecule has 0 aliphatic carbocycles. The molecule has 19 heavy (non-hydrogen) atoms. The van der Waals surface area contributed by atoms with E-state index < -0.39 is 0 Å². The zero-order valence-corrected chi connectivity index (χ0v) is 12.0. The van der Waals surface area contributed by atoms with Gasteiger partial charge in [0.1, 0.15) is 5.82 Å². The molecule has 1 aliphatic heterocycles. The van der Waals surface area contributed by atoms with Crippen LogP contribution in [0.15, 0.2) is 12.3 Å². The molecule has 1 fully saturated rings. The van der Waals surface area contributed by atoms with E-state index in [2.05, 4.69) is 20.6 Å². The lowest BCUT2D eigenvalue weighted by molar-refractivity contribution is -0.121. The van der Waals surface area contributed by atoms with Gasteiger partial charge in [-0.3, -0.25) is 4.79 Å². The number of amides is 1. The number of aryl methyl sites for hydroxylation is 1. The Morgan fingerprint density at radius 2 is 2.42 bits per heavy atom. The highest BCUT2D eigenvalue weighted by molar-refractivity contribution is 5.85. The minimum Gasteiger partial charge on any atom is -0.350 e. The van der Waals surface area contributed by atoms with Crippen LogP contribution in [0.2, 0.25) is 0 Å². The fourth-order valence-electron chi connectivity index (χ4n) is 2.18. The molecule has 1 aliphatic rings. The van der Waals surface area contributed by atoms with Gasteiger partial charge < -0.3 is 10.6 Å². The Balaban J connectivity index is 0.00000180. The van der Waals surface area contributed by atoms with Gasteiger partial charge in [-0.15, -0.1) is 12.4 Å². The zero-order valence-electron chi connectivity index (χ0n) is 11.2. The predicted molar refractivity (Wildman–Crippen MR) is 76.1 cm³/mol. The van der Waals surface area contributed by atoms with Gasteiger partial charge in [0.15, 0.2) is 0 Å². The van der Waals surface area contributed by atoms with E-state index in [1.165, 1.54) is 6.42 Å². The standard InChI is InChI=1S/C13H20N4O.ClH/c1-10-15-7-5-12(17-10)9-16-13(18)3-2-11-4-6-14-8-11;/h5,7,11,14H,2-4,6,8-9H2,1H3,(H,16,18);1H. The van der Waals surface area contributed by atoms with Gasteiger partial charge in [-0.2, -0.15) is 0 Å². The lowest BCUT2D eigenvalue weighted by atomic mass is 10.0. The number of halogens is 1. The van der Waals surface area contributed by atoms with Crippen molar-refractivity contribution in [2.45, 2.75) is 32.7 Å². The number of carbonyl (C=O) groups is 1. The summed E-state index contributed by atoms with van der Waals surface area (Å²) in [6.45, 7) is 4.48. The van der Waals surface area contributed by atoms with E-state index in [1.54, 1.807) is 6.20 Å². The molecule has 6 heteroatoms. The third-order valence-corrected chi connectivity index (χ3v) is 3.24. The van der Waals surface area contributed by atoms with E-state index in [0.29, 0.717) is 18.9 Å². The fourth-order valence-corrected chi connectivity index (χ4v) is 2.18. The molecule has 2 heterocycles. The molecule has 1 aromatic rings. The smallest absolute Gasteiger partial charge is 0.220 e. The highest BCUT2D eigenvalue weighted by atomic mass is 35.5. The maximum absolute atomic E-state index is 11.7. The Morgan fingerprint density at radius 1 is 1.58 bits per heavy atom. The van der Waals surface area contributed by atoms with E-state index in [4.69, 9.17) is 0 Å². The minimum absolute atomic E-state index is 0. The fraction of sp³-hybridized carbons (Fsp3) is 0.615. The normalized spacial score (nSPS) is 17.8. The van der Waals surface area contributed by atoms with E-state index in [-0.39, 0.29) is 18.3 Å². The van der Waals surface area contributed by atoms with Gasteiger partial charge in [-0.25, -0.2) is 9.97 Å². The Bertz CT molecular complexity index is 407. The molecule has 2 N–H and O–H groups in total. The van der Waals surface area contributed by atoms with Crippen molar-refractivity contribution in [2.24, 2.45) is 5.92 Å². The predicted octanol–water partition coefficient (Wildman–Crippen LogP) is 1.21. The van der Waals surface area contributed by atoms with Crippen molar-refractivity contribution in [3.05, 3.63) is 23.8 Å². The first kappa shape index (κ1) is 15.9. The summed E-state index contributed by atoms with van der Waals surface area (Å²) < 4.78 is 0. The molecule has 0 bridgehead atoms. The number of carbonyl (C=O) groups excluding carboxylic acids is 1. The lowest BCUT2D eigenvalue weighted by Gasteiger charge is -2.08. The van der Waals surface area contributed by atoms with Crippen molar-refractivity contribution < 1.29 is 4.79 Å². The molecular weight excluding hydrogens is 264 g/mol. The van der Waals surface area contributed by atoms with Crippen LogP contribution in [0.3, 0.4) is 0 Å². The van der Waals surface area contributed by atoms with Gasteiger partial charge in [0.2, 0.25) is 5.91 Å². The van der Waals surface area contributed by atoms with Gasteiger partial charge >= 0.3 is 0 Å². The molecule has 1 atom stereocenters. The van der Waals surface area contributed by atoms with E-state index >= 15 is 0 Å². The maximum Gasteiger partial charge on any atom is 0.220 e. The quantitative estimate of drug-likeness (QED) is 0.853. The molecule has 0 aromatic carbocycles. The Morgan fingerprint density at radius 3 is 3.11 bits per heavy atom. The van der Waals surface area contributed by atoms with E-state index in [0.717, 1.165) is 31.0 Å². The van der Waals surface area contributed by atoms with Crippen molar-refractivity contribution in [2.75, 3.05) is 13.1 Å². The largest absolute Gasteiger partial charge is 0.350 e. The number of rotatable bonds is 5. The summed E-state index contributed by atoms with van der Waals surface area (Å²) in [5.74, 6) is 1.51. The lowest BCUT2D eigenvalue weighted by Crippen LogP contribution is -2.24. The van der Waals surface area contributed by atoms with Crippen molar-refractivity contribution in [1.82, 2.24) is 20.6 Å². The third-order valence-electron chi connectivity index (χ3n) is 3.24. The second kappa shape index (κ2) is 8.07. The monoisotopic (exact) mass is 284 g/mol. The Labute approximate surface area is 120 Å². The highest BCUT2D eigenvalue weighted by Gasteiger charge is 2.15. The molecule has 5 nitrogen and oxygen atoms in total. The molecule has 0 spiro atoms. The van der Waals surface area contributed by atoms with Crippen LogP contribution < -0.4 is 10.6 Å². The summed E-state index contributed by atoms with van der Waals surface area (Å²) in [6, 6.07) is 1.83. The highest BCUT2D eigenvalue weighted by Crippen LogP contribution is 2.13. The molecule has 0 saturated carbocycles. The Hall–Kier alpha value is -1.20. The van der Waals surface area contributed by atoms with Crippen molar-refractivity contribution in [3.63, 3.8) is 0 Å². The number of nitrogens with one attached hydrogen (secondary N) is 2. The summed E-state index contributed by atoms with van der Waals surface area (Å²) in [4.78, 5) is 20.0. The van der Waals surface area contributed by atoms with Crippen LogP contribution >= 0.6 is 12.4 Å². The van der Waals surface area contributed by atoms with Crippen LogP contribution in [0.5, 0.6) is 0 Å². The molecule has 0 radical (unpaired) electrons. The van der Waals surface area contributed by atoms with Crippen molar-refractivity contribution in [1.29, 1.82) is 0 Å². The van der Waals surface area contributed by atoms with Gasteiger partial charge in [0.25, 0.3) is 0 Å². The summed E-state index contributed by atoms with van der Waals surface area (Å²) in [5, 5.41) is 6.21. The first-order valence-electron chi connectivity index (χ1n) is 6.50. The van der Waals surface area contributed by atoms with Crippen LogP contribution in [-0.2, 0) is 11.3 Å². The van der Waals surface area contributed by atoms with Gasteiger partial charge in [0, 0.05) is 12.6 Å². The molecule has 1 amide bonds. The zero-order chi connectivity index (χ0) is 12.8. The maximum atomic E-state index is 11.7. The summed E-state index contributed by atoms with van der Waals surface area (Å²) in [5.41, 5.74) is 0.860. The van der Waals surface area contributed by atoms with Crippen molar-refractivity contribution >= 4 is 18.3 Å². The molecule has 1 saturated heterocycles. The number of hydrogen-bond acceptors (Lipinski definition) is 4. The first-order chi connectivity index (χ1) is 8.74. The number of hydrogen-bond donors (Lipinski definition) is 2. The average molecular weight is 285 g/mol. The SMILES string of the molecule is Cc1nccc(CNC(=O)CCC2CCNC2)n1.Cl. The van der Waals surface area contributed by atoms with Gasteiger partial charge in [0.05, 0.1) is 12.2 Å². The second-order valence-corrected chi connectivity index (χ2v) is 4.77. The summed E-state index contributed by atoms with van der Waals surface area (Å²) in [6.07, 6.45) is 4.49. The van der Waals surface area contributed by atoms with Gasteiger partial charge in [-0.1, -0.05) is 0 Å². The third kappa shape index (κ3) is 5.53. The van der Waals surface area contributed by atoms with Gasteiger partial charge in [-0.05, 0) is 44.8 Å². The molecule has 1 unspecified atom stereocenters. The van der Waals surface area contributed by atoms with E-state index in [1.807, 2.05) is 13.0 Å². The van der Waals surface area contributed by atoms with E-state index in [9.17, 15) is 4.79 Å². The molecule has 106 valence electrons. The van der Waals surface area contributed by atoms with Crippen LogP contribution in [-0.4, -0.2) is 29.0 Å². The molecule has 2 rings (SSSR count). The van der Waals surface area contributed by atoms with Crippen LogP contribution in [0.4, 0.5) is 0 Å². The number of aromatic nitrogens is 2. The average Bonchev–Trinajstić information content (AvgIpc) is 2.87. The van der Waals surface area contributed by atoms with Crippen LogP contribution in [0.1, 0.15) is 30.8 Å².